The lowest BCUT2D eigenvalue weighted by Gasteiger charge is -2.08. The van der Waals surface area contributed by atoms with Crippen molar-refractivity contribution in [2.45, 2.75) is 32.8 Å². The lowest BCUT2D eigenvalue weighted by Crippen LogP contribution is -2.32. The maximum absolute atomic E-state index is 12.2. The Morgan fingerprint density at radius 3 is 3.00 bits per heavy atom. The molecule has 102 valence electrons. The summed E-state index contributed by atoms with van der Waals surface area (Å²) in [7, 11) is 0. The van der Waals surface area contributed by atoms with Gasteiger partial charge < -0.3 is 10.4 Å². The molecule has 0 aliphatic carbocycles. The first kappa shape index (κ1) is 13.5. The molecule has 2 heterocycles. The van der Waals surface area contributed by atoms with Crippen LogP contribution in [0.5, 0.6) is 0 Å². The van der Waals surface area contributed by atoms with Crippen LogP contribution in [-0.2, 0) is 6.42 Å². The monoisotopic (exact) mass is 261 g/mol. The molecule has 5 heteroatoms. The van der Waals surface area contributed by atoms with Gasteiger partial charge >= 0.3 is 0 Å². The highest BCUT2D eigenvalue weighted by Gasteiger charge is 2.18. The maximum atomic E-state index is 12.2. The van der Waals surface area contributed by atoms with E-state index in [1.54, 1.807) is 11.3 Å². The number of hydrogen-bond acceptors (Lipinski definition) is 3. The highest BCUT2D eigenvalue weighted by atomic mass is 16.3. The summed E-state index contributed by atoms with van der Waals surface area (Å²) in [5.74, 6) is -0.192. The summed E-state index contributed by atoms with van der Waals surface area (Å²) in [5, 5.41) is 12.0. The summed E-state index contributed by atoms with van der Waals surface area (Å²) in [6.07, 6.45) is 2.97. The second kappa shape index (κ2) is 5.84. The highest BCUT2D eigenvalue weighted by molar-refractivity contribution is 5.94. The molecule has 1 amide bonds. The van der Waals surface area contributed by atoms with Gasteiger partial charge in [0.1, 0.15) is 11.3 Å². The van der Waals surface area contributed by atoms with Gasteiger partial charge in [-0.1, -0.05) is 19.4 Å². The first-order valence-corrected chi connectivity index (χ1v) is 6.55. The molecule has 0 saturated carbocycles. The van der Waals surface area contributed by atoms with Crippen molar-refractivity contribution in [3.05, 3.63) is 35.8 Å². The number of hydrogen-bond donors (Lipinski definition) is 2. The summed E-state index contributed by atoms with van der Waals surface area (Å²) in [5.41, 5.74) is 2.14. The van der Waals surface area contributed by atoms with Crippen molar-refractivity contribution in [3.63, 3.8) is 0 Å². The number of aliphatic hydroxyl groups excluding tert-OH is 1. The Hall–Kier alpha value is -1.88. The van der Waals surface area contributed by atoms with Gasteiger partial charge in [0.2, 0.25) is 0 Å². The molecule has 0 bridgehead atoms. The molecule has 2 N–H and O–H groups in total. The van der Waals surface area contributed by atoms with Gasteiger partial charge in [-0.2, -0.15) is 0 Å². The van der Waals surface area contributed by atoms with Gasteiger partial charge in [0, 0.05) is 12.7 Å². The molecule has 0 aliphatic rings. The molecule has 0 saturated heterocycles. The Balaban J connectivity index is 2.38. The lowest BCUT2D eigenvalue weighted by atomic mass is 10.2. The van der Waals surface area contributed by atoms with Crippen LogP contribution in [0.3, 0.4) is 0 Å². The largest absolute Gasteiger partial charge is 0.392 e. The summed E-state index contributed by atoms with van der Waals surface area (Å²) in [6.45, 7) is 3.94. The van der Waals surface area contributed by atoms with Gasteiger partial charge in [0.25, 0.3) is 5.91 Å². The molecule has 0 aliphatic heterocycles. The van der Waals surface area contributed by atoms with E-state index in [1.807, 2.05) is 24.4 Å². The van der Waals surface area contributed by atoms with Crippen LogP contribution in [0.15, 0.2) is 24.4 Å². The molecule has 0 aromatic carbocycles. The van der Waals surface area contributed by atoms with Gasteiger partial charge in [-0.25, -0.2) is 4.98 Å². The molecule has 0 spiro atoms. The minimum atomic E-state index is -0.558. The van der Waals surface area contributed by atoms with E-state index < -0.39 is 6.10 Å². The summed E-state index contributed by atoms with van der Waals surface area (Å²) in [6, 6.07) is 5.65. The number of aliphatic hydroxyl groups is 1. The van der Waals surface area contributed by atoms with E-state index in [0.717, 1.165) is 24.2 Å². The molecular formula is C14H19N3O2. The van der Waals surface area contributed by atoms with Gasteiger partial charge in [0.05, 0.1) is 11.8 Å². The predicted octanol–water partition coefficient (Wildman–Crippen LogP) is 1.40. The minimum absolute atomic E-state index is 0.192. The fourth-order valence-corrected chi connectivity index (χ4v) is 2.02. The lowest BCUT2D eigenvalue weighted by molar-refractivity contribution is 0.0917. The highest BCUT2D eigenvalue weighted by Crippen LogP contribution is 2.14. The zero-order valence-electron chi connectivity index (χ0n) is 11.3. The Morgan fingerprint density at radius 1 is 1.53 bits per heavy atom. The third-order valence-corrected chi connectivity index (χ3v) is 2.86. The average molecular weight is 261 g/mol. The van der Waals surface area contributed by atoms with Crippen molar-refractivity contribution in [1.82, 2.24) is 14.7 Å². The number of pyridine rings is 1. The number of imidazole rings is 1. The number of carbonyl (C=O) groups excluding carboxylic acids is 1. The number of nitrogens with zero attached hydrogens (tertiary/aromatic N) is 2. The summed E-state index contributed by atoms with van der Waals surface area (Å²) in [4.78, 5) is 16.7. The smallest absolute Gasteiger partial charge is 0.270 e. The van der Waals surface area contributed by atoms with E-state index in [0.29, 0.717) is 5.69 Å². The second-order valence-electron chi connectivity index (χ2n) is 4.64. The van der Waals surface area contributed by atoms with Crippen LogP contribution < -0.4 is 5.32 Å². The fourth-order valence-electron chi connectivity index (χ4n) is 2.02. The molecule has 5 nitrogen and oxygen atoms in total. The summed E-state index contributed by atoms with van der Waals surface area (Å²) >= 11 is 0. The van der Waals surface area contributed by atoms with Crippen LogP contribution in [0.4, 0.5) is 0 Å². The average Bonchev–Trinajstić information content (AvgIpc) is 2.74. The molecule has 19 heavy (non-hydrogen) atoms. The molecular weight excluding hydrogens is 242 g/mol. The van der Waals surface area contributed by atoms with Crippen molar-refractivity contribution in [2.75, 3.05) is 6.54 Å². The number of rotatable bonds is 5. The maximum Gasteiger partial charge on any atom is 0.270 e. The number of aryl methyl sites for hydroxylation is 1. The zero-order valence-corrected chi connectivity index (χ0v) is 11.3. The van der Waals surface area contributed by atoms with Gasteiger partial charge in [0.15, 0.2) is 0 Å². The third kappa shape index (κ3) is 2.93. The van der Waals surface area contributed by atoms with Crippen LogP contribution in [0.1, 0.15) is 36.5 Å². The normalized spacial score (nSPS) is 12.6. The van der Waals surface area contributed by atoms with Crippen molar-refractivity contribution in [1.29, 1.82) is 0 Å². The quantitative estimate of drug-likeness (QED) is 0.855. The Bertz CT molecular complexity index is 575. The van der Waals surface area contributed by atoms with E-state index in [-0.39, 0.29) is 12.5 Å². The van der Waals surface area contributed by atoms with Gasteiger partial charge in [-0.15, -0.1) is 0 Å². The number of nitrogens with one attached hydrogen (secondary N) is 1. The standard InChI is InChI=1S/C14H19N3O2/c1-3-6-11-13(14(19)15-9-10(2)18)17-8-5-4-7-12(17)16-11/h4-5,7-8,10,18H,3,6,9H2,1-2H3,(H,15,19). The third-order valence-electron chi connectivity index (χ3n) is 2.86. The van der Waals surface area contributed by atoms with Gasteiger partial charge in [-0.3, -0.25) is 9.20 Å². The SMILES string of the molecule is CCCc1nc2ccccn2c1C(=O)NCC(C)O. The van der Waals surface area contributed by atoms with E-state index in [1.165, 1.54) is 0 Å². The van der Waals surface area contributed by atoms with E-state index >= 15 is 0 Å². The predicted molar refractivity (Wildman–Crippen MR) is 73.2 cm³/mol. The number of aromatic nitrogens is 2. The van der Waals surface area contributed by atoms with Crippen molar-refractivity contribution in [2.24, 2.45) is 0 Å². The molecule has 0 fully saturated rings. The van der Waals surface area contributed by atoms with E-state index in [4.69, 9.17) is 0 Å². The van der Waals surface area contributed by atoms with E-state index in [2.05, 4.69) is 17.2 Å². The first-order valence-electron chi connectivity index (χ1n) is 6.55. The molecule has 0 radical (unpaired) electrons. The van der Waals surface area contributed by atoms with Crippen LogP contribution in [0.2, 0.25) is 0 Å². The second-order valence-corrected chi connectivity index (χ2v) is 4.64. The van der Waals surface area contributed by atoms with Crippen molar-refractivity contribution < 1.29 is 9.90 Å². The minimum Gasteiger partial charge on any atom is -0.392 e. The molecule has 2 aromatic rings. The number of amides is 1. The Labute approximate surface area is 112 Å². The van der Waals surface area contributed by atoms with Crippen LogP contribution in [0.25, 0.3) is 5.65 Å². The van der Waals surface area contributed by atoms with Crippen LogP contribution >= 0.6 is 0 Å². The first-order chi connectivity index (χ1) is 9.13. The van der Waals surface area contributed by atoms with Crippen molar-refractivity contribution in [3.8, 4) is 0 Å². The topological polar surface area (TPSA) is 66.6 Å². The molecule has 1 unspecified atom stereocenters. The zero-order chi connectivity index (χ0) is 13.8. The van der Waals surface area contributed by atoms with Crippen molar-refractivity contribution >= 4 is 11.6 Å². The van der Waals surface area contributed by atoms with Crippen LogP contribution in [-0.4, -0.2) is 33.0 Å². The van der Waals surface area contributed by atoms with E-state index in [9.17, 15) is 9.90 Å². The number of carbonyl (C=O) groups is 1. The molecule has 2 aromatic heterocycles. The number of fused-ring (bicyclic) bond motifs is 1. The molecule has 2 rings (SSSR count). The summed E-state index contributed by atoms with van der Waals surface area (Å²) < 4.78 is 1.79. The molecule has 1 atom stereocenters. The van der Waals surface area contributed by atoms with Crippen LogP contribution in [0, 0.1) is 0 Å². The fraction of sp³-hybridized carbons (Fsp3) is 0.429. The van der Waals surface area contributed by atoms with Gasteiger partial charge in [-0.05, 0) is 25.5 Å². The Morgan fingerprint density at radius 2 is 2.32 bits per heavy atom. The Kier molecular flexibility index (Phi) is 4.16.